The summed E-state index contributed by atoms with van der Waals surface area (Å²) in [6.07, 6.45) is 1.55. The number of rotatable bonds is 8. The fourth-order valence-corrected chi connectivity index (χ4v) is 3.55. The molecule has 0 saturated carbocycles. The van der Waals surface area contributed by atoms with E-state index in [1.807, 2.05) is 0 Å². The van der Waals surface area contributed by atoms with Crippen LogP contribution in [0.2, 0.25) is 10.0 Å². The number of nitrogens with one attached hydrogen (secondary N) is 1. The molecule has 0 fully saturated rings. The van der Waals surface area contributed by atoms with Crippen molar-refractivity contribution in [2.75, 3.05) is 5.32 Å². The lowest BCUT2D eigenvalue weighted by Crippen LogP contribution is -2.32. The molecule has 4 aromatic rings. The number of aromatic nitrogens is 2. The molecule has 0 aliphatic heterocycles. The molecular formula is C24H17Cl2N3O5. The van der Waals surface area contributed by atoms with Crippen molar-refractivity contribution in [3.8, 4) is 11.6 Å². The second-order valence-corrected chi connectivity index (χ2v) is 8.20. The molecular weight excluding hydrogens is 481 g/mol. The van der Waals surface area contributed by atoms with Gasteiger partial charge in [0.2, 0.25) is 5.88 Å². The first-order valence-corrected chi connectivity index (χ1v) is 10.8. The van der Waals surface area contributed by atoms with Gasteiger partial charge in [0, 0.05) is 29.1 Å². The van der Waals surface area contributed by atoms with Crippen LogP contribution >= 0.6 is 23.2 Å². The van der Waals surface area contributed by atoms with E-state index < -0.39 is 18.0 Å². The molecule has 0 saturated heterocycles. The maximum Gasteiger partial charge on any atom is 0.339 e. The summed E-state index contributed by atoms with van der Waals surface area (Å²) in [5.41, 5.74) is 1.03. The number of carboxylic acid groups (broad SMARTS) is 2. The Morgan fingerprint density at radius 3 is 2.35 bits per heavy atom. The minimum absolute atomic E-state index is 0.0384. The zero-order valence-electron chi connectivity index (χ0n) is 17.4. The molecule has 0 amide bonds. The average Bonchev–Trinajstić information content (AvgIpc) is 2.80. The minimum Gasteiger partial charge on any atom is -0.480 e. The first-order valence-electron chi connectivity index (χ1n) is 10.00. The van der Waals surface area contributed by atoms with Gasteiger partial charge >= 0.3 is 11.9 Å². The van der Waals surface area contributed by atoms with Gasteiger partial charge in [-0.2, -0.15) is 0 Å². The summed E-state index contributed by atoms with van der Waals surface area (Å²) in [6.45, 7) is 0. The van der Waals surface area contributed by atoms with Crippen LogP contribution in [0.4, 0.5) is 5.82 Å². The lowest BCUT2D eigenvalue weighted by molar-refractivity contribution is -0.137. The van der Waals surface area contributed by atoms with Crippen LogP contribution in [-0.2, 0) is 11.2 Å². The number of aliphatic carboxylic acids is 1. The van der Waals surface area contributed by atoms with E-state index in [0.717, 1.165) is 0 Å². The van der Waals surface area contributed by atoms with Gasteiger partial charge in [-0.15, -0.1) is 0 Å². The Morgan fingerprint density at radius 1 is 0.971 bits per heavy atom. The predicted octanol–water partition coefficient (Wildman–Crippen LogP) is 5.53. The van der Waals surface area contributed by atoms with Crippen LogP contribution in [0.1, 0.15) is 15.9 Å². The van der Waals surface area contributed by atoms with E-state index in [-0.39, 0.29) is 17.8 Å². The monoisotopic (exact) mass is 497 g/mol. The maximum atomic E-state index is 11.9. The number of nitrogens with zero attached hydrogens (tertiary/aromatic N) is 2. The summed E-state index contributed by atoms with van der Waals surface area (Å²) in [5.74, 6) is -1.55. The van der Waals surface area contributed by atoms with Gasteiger partial charge in [0.15, 0.2) is 0 Å². The Morgan fingerprint density at radius 2 is 1.71 bits per heavy atom. The van der Waals surface area contributed by atoms with Gasteiger partial charge < -0.3 is 20.3 Å². The number of anilines is 1. The third-order valence-electron chi connectivity index (χ3n) is 4.90. The van der Waals surface area contributed by atoms with E-state index in [9.17, 15) is 19.8 Å². The number of ether oxygens (including phenoxy) is 1. The molecule has 34 heavy (non-hydrogen) atoms. The van der Waals surface area contributed by atoms with E-state index in [1.165, 1.54) is 12.3 Å². The highest BCUT2D eigenvalue weighted by Crippen LogP contribution is 2.25. The number of aromatic carboxylic acids is 1. The SMILES string of the molecule is O=C(O)c1cc2cc(Cl)ccc2nc1N[C@@H](Cc1ccc(Oc2ccc(Cl)cn2)cc1)C(=O)O. The maximum absolute atomic E-state index is 11.9. The van der Waals surface area contributed by atoms with E-state index >= 15 is 0 Å². The Labute approximate surface area is 203 Å². The molecule has 3 N–H and O–H groups in total. The number of hydrogen-bond donors (Lipinski definition) is 3. The molecule has 2 aromatic heterocycles. The Balaban J connectivity index is 1.54. The molecule has 10 heteroatoms. The second kappa shape index (κ2) is 9.94. The Kier molecular flexibility index (Phi) is 6.81. The minimum atomic E-state index is -1.24. The van der Waals surface area contributed by atoms with Gasteiger partial charge in [-0.3, -0.25) is 0 Å². The summed E-state index contributed by atoms with van der Waals surface area (Å²) in [6, 6.07) is 15.2. The lowest BCUT2D eigenvalue weighted by Gasteiger charge is -2.17. The normalized spacial score (nSPS) is 11.7. The van der Waals surface area contributed by atoms with Crippen molar-refractivity contribution in [3.63, 3.8) is 0 Å². The quantitative estimate of drug-likeness (QED) is 0.290. The van der Waals surface area contributed by atoms with E-state index in [1.54, 1.807) is 54.6 Å². The van der Waals surface area contributed by atoms with Gasteiger partial charge in [-0.05, 0) is 48.0 Å². The highest BCUT2D eigenvalue weighted by molar-refractivity contribution is 6.31. The number of fused-ring (bicyclic) bond motifs is 1. The third kappa shape index (κ3) is 5.54. The summed E-state index contributed by atoms with van der Waals surface area (Å²) >= 11 is 11.8. The summed E-state index contributed by atoms with van der Waals surface area (Å²) in [4.78, 5) is 32.1. The largest absolute Gasteiger partial charge is 0.480 e. The van der Waals surface area contributed by atoms with Crippen LogP contribution in [-0.4, -0.2) is 38.2 Å². The first kappa shape index (κ1) is 23.3. The zero-order chi connectivity index (χ0) is 24.2. The lowest BCUT2D eigenvalue weighted by atomic mass is 10.0. The number of hydrogen-bond acceptors (Lipinski definition) is 6. The first-order chi connectivity index (χ1) is 16.3. The molecule has 0 radical (unpaired) electrons. The zero-order valence-corrected chi connectivity index (χ0v) is 18.9. The highest BCUT2D eigenvalue weighted by atomic mass is 35.5. The highest BCUT2D eigenvalue weighted by Gasteiger charge is 2.22. The van der Waals surface area contributed by atoms with Crippen LogP contribution in [0.5, 0.6) is 11.6 Å². The topological polar surface area (TPSA) is 122 Å². The second-order valence-electron chi connectivity index (χ2n) is 7.33. The molecule has 0 bridgehead atoms. The summed E-state index contributed by atoms with van der Waals surface area (Å²) in [5, 5.41) is 23.6. The van der Waals surface area contributed by atoms with Gasteiger partial charge in [0.05, 0.1) is 10.5 Å². The third-order valence-corrected chi connectivity index (χ3v) is 5.36. The van der Waals surface area contributed by atoms with E-state index in [2.05, 4.69) is 15.3 Å². The molecule has 0 aliphatic rings. The van der Waals surface area contributed by atoms with Crippen molar-refractivity contribution in [1.82, 2.24) is 9.97 Å². The molecule has 0 unspecified atom stereocenters. The Bertz CT molecular complexity index is 1360. The number of halogens is 2. The van der Waals surface area contributed by atoms with Gasteiger partial charge in [0.25, 0.3) is 0 Å². The molecule has 1 atom stereocenters. The molecule has 4 rings (SSSR count). The number of carboxylic acids is 2. The van der Waals surface area contributed by atoms with Crippen molar-refractivity contribution in [3.05, 3.63) is 88.0 Å². The standard InChI is InChI=1S/C24H17Cl2N3O5/c25-15-3-7-19-14(10-15)11-18(23(30)31)22(28-19)29-20(24(32)33)9-13-1-5-17(6-2-13)34-21-8-4-16(26)12-27-21/h1-8,10-12,20H,9H2,(H,28,29)(H,30,31)(H,32,33)/t20-/m0/s1. The molecule has 2 heterocycles. The average molecular weight is 498 g/mol. The summed E-state index contributed by atoms with van der Waals surface area (Å²) in [7, 11) is 0. The van der Waals surface area contributed by atoms with Gasteiger partial charge in [0.1, 0.15) is 23.2 Å². The molecule has 2 aromatic carbocycles. The Hall–Kier alpha value is -3.88. The van der Waals surface area contributed by atoms with Gasteiger partial charge in [-0.1, -0.05) is 35.3 Å². The predicted molar refractivity (Wildman–Crippen MR) is 128 cm³/mol. The van der Waals surface area contributed by atoms with E-state index in [0.29, 0.717) is 38.1 Å². The van der Waals surface area contributed by atoms with Crippen molar-refractivity contribution < 1.29 is 24.5 Å². The van der Waals surface area contributed by atoms with Crippen molar-refractivity contribution in [2.24, 2.45) is 0 Å². The van der Waals surface area contributed by atoms with Crippen LogP contribution in [0, 0.1) is 0 Å². The number of pyridine rings is 2. The van der Waals surface area contributed by atoms with Crippen molar-refractivity contribution in [2.45, 2.75) is 12.5 Å². The molecule has 8 nitrogen and oxygen atoms in total. The smallest absolute Gasteiger partial charge is 0.339 e. The van der Waals surface area contributed by atoms with Crippen LogP contribution in [0.3, 0.4) is 0 Å². The fourth-order valence-electron chi connectivity index (χ4n) is 3.26. The molecule has 0 spiro atoms. The van der Waals surface area contributed by atoms with E-state index in [4.69, 9.17) is 27.9 Å². The van der Waals surface area contributed by atoms with Crippen LogP contribution in [0.25, 0.3) is 10.9 Å². The fraction of sp³-hybridized carbons (Fsp3) is 0.0833. The molecule has 0 aliphatic carbocycles. The van der Waals surface area contributed by atoms with Crippen molar-refractivity contribution >= 4 is 51.9 Å². The van der Waals surface area contributed by atoms with Gasteiger partial charge in [-0.25, -0.2) is 19.6 Å². The van der Waals surface area contributed by atoms with Crippen molar-refractivity contribution in [1.29, 1.82) is 0 Å². The molecule has 172 valence electrons. The van der Waals surface area contributed by atoms with Crippen LogP contribution in [0.15, 0.2) is 66.9 Å². The summed E-state index contributed by atoms with van der Waals surface area (Å²) < 4.78 is 5.64. The number of carbonyl (C=O) groups is 2. The number of benzene rings is 2. The van der Waals surface area contributed by atoms with Crippen LogP contribution < -0.4 is 10.1 Å².